The van der Waals surface area contributed by atoms with Gasteiger partial charge in [0.1, 0.15) is 24.0 Å². The van der Waals surface area contributed by atoms with Crippen LogP contribution < -0.4 is 19.9 Å². The minimum atomic E-state index is -3.95. The Balaban J connectivity index is 2.85. The summed E-state index contributed by atoms with van der Waals surface area (Å²) in [5.74, 6) is 0.312. The Kier molecular flexibility index (Phi) is 6.81. The molecule has 23 heavy (non-hydrogen) atoms. The first-order chi connectivity index (χ1) is 10.7. The Morgan fingerprint density at radius 2 is 2.09 bits per heavy atom. The second-order valence-electron chi connectivity index (χ2n) is 5.89. The highest BCUT2D eigenvalue weighted by Gasteiger charge is 2.19. The lowest BCUT2D eigenvalue weighted by molar-refractivity contribution is 0.208. The molecule has 0 saturated carbocycles. The van der Waals surface area contributed by atoms with Crippen LogP contribution in [0.2, 0.25) is 0 Å². The van der Waals surface area contributed by atoms with Crippen molar-refractivity contribution in [2.75, 3.05) is 17.9 Å². The molecule has 0 unspecified atom stereocenters. The van der Waals surface area contributed by atoms with Gasteiger partial charge in [-0.3, -0.25) is 4.72 Å². The standard InChI is InChI=1S/C15H24N4O3S/c1-4-5-9-18-15(2,3)11-22-14-8-6-7-13(12(14)10-16)19-23(17,20)21/h6-8,18-19H,4-5,9,11H2,1-3H3,(H2,17,20,21). The zero-order valence-corrected chi connectivity index (χ0v) is 14.5. The van der Waals surface area contributed by atoms with Crippen LogP contribution in [0.3, 0.4) is 0 Å². The van der Waals surface area contributed by atoms with Crippen molar-refractivity contribution in [3.63, 3.8) is 0 Å². The fourth-order valence-electron chi connectivity index (χ4n) is 1.92. The predicted octanol–water partition coefficient (Wildman–Crippen LogP) is 1.72. The molecule has 0 spiro atoms. The maximum atomic E-state index is 11.2. The van der Waals surface area contributed by atoms with E-state index in [2.05, 4.69) is 17.0 Å². The van der Waals surface area contributed by atoms with E-state index in [4.69, 9.17) is 9.88 Å². The summed E-state index contributed by atoms with van der Waals surface area (Å²) in [7, 11) is -3.95. The summed E-state index contributed by atoms with van der Waals surface area (Å²) in [6, 6.07) is 6.62. The van der Waals surface area contributed by atoms with Crippen molar-refractivity contribution in [3.8, 4) is 11.8 Å². The molecule has 0 amide bonds. The molecule has 128 valence electrons. The van der Waals surface area contributed by atoms with Crippen molar-refractivity contribution in [3.05, 3.63) is 23.8 Å². The van der Waals surface area contributed by atoms with Crippen LogP contribution in [-0.4, -0.2) is 27.1 Å². The smallest absolute Gasteiger partial charge is 0.296 e. The van der Waals surface area contributed by atoms with Gasteiger partial charge in [-0.05, 0) is 38.9 Å². The molecule has 7 nitrogen and oxygen atoms in total. The highest BCUT2D eigenvalue weighted by atomic mass is 32.2. The third-order valence-corrected chi connectivity index (χ3v) is 3.62. The van der Waals surface area contributed by atoms with E-state index in [0.717, 1.165) is 19.4 Å². The van der Waals surface area contributed by atoms with Crippen molar-refractivity contribution in [2.24, 2.45) is 5.14 Å². The molecule has 0 aromatic heterocycles. The van der Waals surface area contributed by atoms with Crippen LogP contribution in [0.5, 0.6) is 5.75 Å². The topological polar surface area (TPSA) is 117 Å². The summed E-state index contributed by atoms with van der Waals surface area (Å²) in [6.45, 7) is 7.34. The number of ether oxygens (including phenoxy) is 1. The molecule has 1 rings (SSSR count). The van der Waals surface area contributed by atoms with Crippen LogP contribution in [0.15, 0.2) is 18.2 Å². The molecular formula is C15H24N4O3S. The molecule has 1 aromatic rings. The van der Waals surface area contributed by atoms with Crippen molar-refractivity contribution in [2.45, 2.75) is 39.2 Å². The summed E-state index contributed by atoms with van der Waals surface area (Å²) < 4.78 is 30.1. The molecule has 0 radical (unpaired) electrons. The maximum absolute atomic E-state index is 11.2. The van der Waals surface area contributed by atoms with Crippen molar-refractivity contribution >= 4 is 15.9 Å². The molecule has 0 saturated heterocycles. The van der Waals surface area contributed by atoms with Crippen molar-refractivity contribution in [1.82, 2.24) is 5.32 Å². The number of nitriles is 1. The molecule has 0 atom stereocenters. The van der Waals surface area contributed by atoms with Gasteiger partial charge in [0, 0.05) is 5.54 Å². The lowest BCUT2D eigenvalue weighted by atomic mass is 10.1. The van der Waals surface area contributed by atoms with Gasteiger partial charge >= 0.3 is 0 Å². The average Bonchev–Trinajstić information content (AvgIpc) is 2.44. The molecule has 0 aliphatic carbocycles. The Labute approximate surface area is 138 Å². The van der Waals surface area contributed by atoms with Gasteiger partial charge in [0.2, 0.25) is 0 Å². The summed E-state index contributed by atoms with van der Waals surface area (Å²) >= 11 is 0. The zero-order chi connectivity index (χ0) is 17.5. The third kappa shape index (κ3) is 6.86. The average molecular weight is 340 g/mol. The van der Waals surface area contributed by atoms with Gasteiger partial charge in [0.15, 0.2) is 0 Å². The minimum Gasteiger partial charge on any atom is -0.490 e. The largest absolute Gasteiger partial charge is 0.490 e. The monoisotopic (exact) mass is 340 g/mol. The van der Waals surface area contributed by atoms with E-state index < -0.39 is 10.2 Å². The molecule has 4 N–H and O–H groups in total. The summed E-state index contributed by atoms with van der Waals surface area (Å²) in [4.78, 5) is 0. The summed E-state index contributed by atoms with van der Waals surface area (Å²) in [5, 5.41) is 17.6. The Morgan fingerprint density at radius 1 is 1.39 bits per heavy atom. The molecular weight excluding hydrogens is 316 g/mol. The van der Waals surface area contributed by atoms with Gasteiger partial charge in [-0.2, -0.15) is 13.7 Å². The number of anilines is 1. The van der Waals surface area contributed by atoms with Crippen LogP contribution in [0.4, 0.5) is 5.69 Å². The van der Waals surface area contributed by atoms with Crippen LogP contribution in [0.1, 0.15) is 39.2 Å². The van der Waals surface area contributed by atoms with E-state index in [1.54, 1.807) is 12.1 Å². The fourth-order valence-corrected chi connectivity index (χ4v) is 2.39. The molecule has 0 heterocycles. The van der Waals surface area contributed by atoms with Crippen LogP contribution in [-0.2, 0) is 10.2 Å². The SMILES string of the molecule is CCCCNC(C)(C)COc1cccc(NS(N)(=O)=O)c1C#N. The van der Waals surface area contributed by atoms with E-state index in [0.29, 0.717) is 12.4 Å². The molecule has 0 fully saturated rings. The van der Waals surface area contributed by atoms with Gasteiger partial charge in [0.05, 0.1) is 5.69 Å². The highest BCUT2D eigenvalue weighted by molar-refractivity contribution is 7.90. The number of rotatable bonds is 9. The minimum absolute atomic E-state index is 0.101. The summed E-state index contributed by atoms with van der Waals surface area (Å²) in [6.07, 6.45) is 2.17. The molecule has 8 heteroatoms. The number of nitrogens with zero attached hydrogens (tertiary/aromatic N) is 1. The maximum Gasteiger partial charge on any atom is 0.296 e. The van der Waals surface area contributed by atoms with Gasteiger partial charge < -0.3 is 10.1 Å². The first-order valence-electron chi connectivity index (χ1n) is 7.40. The highest BCUT2D eigenvalue weighted by Crippen LogP contribution is 2.26. The Morgan fingerprint density at radius 3 is 2.65 bits per heavy atom. The van der Waals surface area contributed by atoms with E-state index in [1.165, 1.54) is 6.07 Å². The van der Waals surface area contributed by atoms with Gasteiger partial charge in [-0.1, -0.05) is 19.4 Å². The number of nitrogens with two attached hydrogens (primary N) is 1. The predicted molar refractivity (Wildman–Crippen MR) is 90.4 cm³/mol. The van der Waals surface area contributed by atoms with E-state index >= 15 is 0 Å². The van der Waals surface area contributed by atoms with Crippen LogP contribution in [0.25, 0.3) is 0 Å². The van der Waals surface area contributed by atoms with Gasteiger partial charge in [0.25, 0.3) is 10.2 Å². The normalized spacial score (nSPS) is 11.8. The molecule has 0 aliphatic rings. The Bertz CT molecular complexity index is 666. The van der Waals surface area contributed by atoms with Crippen molar-refractivity contribution < 1.29 is 13.2 Å². The van der Waals surface area contributed by atoms with E-state index in [-0.39, 0.29) is 16.8 Å². The van der Waals surface area contributed by atoms with Crippen LogP contribution >= 0.6 is 0 Å². The number of hydrogen-bond donors (Lipinski definition) is 3. The van der Waals surface area contributed by atoms with E-state index in [9.17, 15) is 13.7 Å². The Hall–Kier alpha value is -1.82. The van der Waals surface area contributed by atoms with Gasteiger partial charge in [-0.15, -0.1) is 0 Å². The lowest BCUT2D eigenvalue weighted by Crippen LogP contribution is -2.45. The summed E-state index contributed by atoms with van der Waals surface area (Å²) in [5.41, 5.74) is -0.0687. The second-order valence-corrected chi connectivity index (χ2v) is 7.18. The fraction of sp³-hybridized carbons (Fsp3) is 0.533. The lowest BCUT2D eigenvalue weighted by Gasteiger charge is -2.26. The molecule has 0 bridgehead atoms. The third-order valence-electron chi connectivity index (χ3n) is 3.11. The number of unbranched alkanes of at least 4 members (excludes halogenated alkanes) is 1. The van der Waals surface area contributed by atoms with Crippen molar-refractivity contribution in [1.29, 1.82) is 5.26 Å². The molecule has 1 aromatic carbocycles. The number of benzene rings is 1. The first kappa shape index (κ1) is 19.2. The first-order valence-corrected chi connectivity index (χ1v) is 8.94. The number of hydrogen-bond acceptors (Lipinski definition) is 5. The van der Waals surface area contributed by atoms with E-state index in [1.807, 2.05) is 19.9 Å². The molecule has 0 aliphatic heterocycles. The zero-order valence-electron chi connectivity index (χ0n) is 13.7. The second kappa shape index (κ2) is 8.15. The van der Waals surface area contributed by atoms with Crippen LogP contribution in [0, 0.1) is 11.3 Å². The number of nitrogens with one attached hydrogen (secondary N) is 2. The van der Waals surface area contributed by atoms with Gasteiger partial charge in [-0.25, -0.2) is 5.14 Å². The quantitative estimate of drug-likeness (QED) is 0.592.